The molecule has 0 aliphatic heterocycles. The van der Waals surface area contributed by atoms with Crippen molar-refractivity contribution in [3.05, 3.63) is 33.8 Å². The molecular formula is C18H27Cl2N. The minimum absolute atomic E-state index is 0.407. The van der Waals surface area contributed by atoms with Gasteiger partial charge in [-0.15, -0.1) is 0 Å². The van der Waals surface area contributed by atoms with Gasteiger partial charge in [0.2, 0.25) is 0 Å². The van der Waals surface area contributed by atoms with Crippen LogP contribution in [0.4, 0.5) is 0 Å². The fourth-order valence-corrected chi connectivity index (χ4v) is 4.01. The minimum Gasteiger partial charge on any atom is -0.310 e. The van der Waals surface area contributed by atoms with Crippen LogP contribution in [-0.4, -0.2) is 6.54 Å². The summed E-state index contributed by atoms with van der Waals surface area (Å²) in [5.74, 6) is 1.54. The van der Waals surface area contributed by atoms with Gasteiger partial charge in [-0.25, -0.2) is 0 Å². The molecular weight excluding hydrogens is 301 g/mol. The molecule has 0 bridgehead atoms. The molecule has 1 aliphatic carbocycles. The van der Waals surface area contributed by atoms with E-state index < -0.39 is 0 Å². The zero-order valence-electron chi connectivity index (χ0n) is 13.2. The van der Waals surface area contributed by atoms with E-state index in [1.165, 1.54) is 37.7 Å². The monoisotopic (exact) mass is 327 g/mol. The molecule has 1 fully saturated rings. The van der Waals surface area contributed by atoms with Crippen molar-refractivity contribution in [2.75, 3.05) is 6.54 Å². The van der Waals surface area contributed by atoms with Crippen molar-refractivity contribution < 1.29 is 0 Å². The highest BCUT2D eigenvalue weighted by Crippen LogP contribution is 2.41. The van der Waals surface area contributed by atoms with Crippen molar-refractivity contribution in [2.45, 2.75) is 58.4 Å². The van der Waals surface area contributed by atoms with Gasteiger partial charge in [-0.05, 0) is 48.9 Å². The van der Waals surface area contributed by atoms with Crippen molar-refractivity contribution in [3.8, 4) is 0 Å². The van der Waals surface area contributed by atoms with Crippen LogP contribution in [0.15, 0.2) is 18.2 Å². The van der Waals surface area contributed by atoms with E-state index in [-0.39, 0.29) is 0 Å². The average molecular weight is 328 g/mol. The fraction of sp³-hybridized carbons (Fsp3) is 0.667. The van der Waals surface area contributed by atoms with E-state index in [1.807, 2.05) is 6.07 Å². The summed E-state index contributed by atoms with van der Waals surface area (Å²) < 4.78 is 0. The van der Waals surface area contributed by atoms with E-state index in [0.29, 0.717) is 22.0 Å². The number of nitrogens with one attached hydrogen (secondary N) is 1. The van der Waals surface area contributed by atoms with Gasteiger partial charge in [0.15, 0.2) is 0 Å². The van der Waals surface area contributed by atoms with Gasteiger partial charge in [0.1, 0.15) is 0 Å². The molecule has 1 nitrogen and oxygen atoms in total. The topological polar surface area (TPSA) is 12.0 Å². The Morgan fingerprint density at radius 1 is 1.14 bits per heavy atom. The van der Waals surface area contributed by atoms with Gasteiger partial charge in [-0.3, -0.25) is 0 Å². The van der Waals surface area contributed by atoms with Crippen LogP contribution >= 0.6 is 23.2 Å². The maximum Gasteiger partial charge on any atom is 0.0595 e. The summed E-state index contributed by atoms with van der Waals surface area (Å²) in [5, 5.41) is 5.08. The lowest BCUT2D eigenvalue weighted by Crippen LogP contribution is -2.34. The number of hydrogen-bond donors (Lipinski definition) is 1. The molecule has 1 N–H and O–H groups in total. The SMILES string of the molecule is CCCNC(c1ccc(Cl)c(Cl)c1)C1CCCCC1CC. The van der Waals surface area contributed by atoms with Crippen molar-refractivity contribution in [1.29, 1.82) is 0 Å². The second-order valence-electron chi connectivity index (χ2n) is 6.22. The average Bonchev–Trinajstić information content (AvgIpc) is 2.51. The molecule has 0 aromatic heterocycles. The van der Waals surface area contributed by atoms with E-state index in [0.717, 1.165) is 18.9 Å². The predicted octanol–water partition coefficient (Wildman–Crippen LogP) is 6.25. The zero-order chi connectivity index (χ0) is 15.2. The van der Waals surface area contributed by atoms with Crippen LogP contribution in [0.1, 0.15) is 64.0 Å². The van der Waals surface area contributed by atoms with Gasteiger partial charge < -0.3 is 5.32 Å². The number of halogens is 2. The Balaban J connectivity index is 2.25. The summed E-state index contributed by atoms with van der Waals surface area (Å²) >= 11 is 12.3. The summed E-state index contributed by atoms with van der Waals surface area (Å²) in [6, 6.07) is 6.54. The zero-order valence-corrected chi connectivity index (χ0v) is 14.7. The highest BCUT2D eigenvalue weighted by atomic mass is 35.5. The van der Waals surface area contributed by atoms with Crippen LogP contribution in [0.25, 0.3) is 0 Å². The molecule has 0 heterocycles. The van der Waals surface area contributed by atoms with Gasteiger partial charge >= 0.3 is 0 Å². The first-order chi connectivity index (χ1) is 10.2. The molecule has 1 aromatic carbocycles. The van der Waals surface area contributed by atoms with Crippen LogP contribution in [0, 0.1) is 11.8 Å². The standard InChI is InChI=1S/C18H27Cl2N/c1-3-11-21-18(14-9-10-16(19)17(20)12-14)15-8-6-5-7-13(15)4-2/h9-10,12-13,15,18,21H,3-8,11H2,1-2H3. The van der Waals surface area contributed by atoms with Gasteiger partial charge in [-0.1, -0.05) is 68.8 Å². The van der Waals surface area contributed by atoms with Crippen molar-refractivity contribution in [1.82, 2.24) is 5.32 Å². The molecule has 0 amide bonds. The molecule has 1 aliphatic rings. The molecule has 21 heavy (non-hydrogen) atoms. The normalized spacial score (nSPS) is 24.0. The highest BCUT2D eigenvalue weighted by Gasteiger charge is 2.31. The van der Waals surface area contributed by atoms with Crippen LogP contribution in [0.5, 0.6) is 0 Å². The van der Waals surface area contributed by atoms with Gasteiger partial charge in [0.05, 0.1) is 10.0 Å². The maximum atomic E-state index is 6.24. The number of rotatable bonds is 6. The molecule has 118 valence electrons. The summed E-state index contributed by atoms with van der Waals surface area (Å²) in [7, 11) is 0. The third kappa shape index (κ3) is 4.37. The van der Waals surface area contributed by atoms with Crippen LogP contribution < -0.4 is 5.32 Å². The first-order valence-electron chi connectivity index (χ1n) is 8.35. The Bertz CT molecular complexity index is 447. The Morgan fingerprint density at radius 3 is 2.57 bits per heavy atom. The fourth-order valence-electron chi connectivity index (χ4n) is 3.70. The van der Waals surface area contributed by atoms with E-state index in [1.54, 1.807) is 0 Å². The lowest BCUT2D eigenvalue weighted by atomic mass is 9.72. The minimum atomic E-state index is 0.407. The quantitative estimate of drug-likeness (QED) is 0.651. The lowest BCUT2D eigenvalue weighted by Gasteiger charge is -2.38. The first kappa shape index (κ1) is 17.1. The first-order valence-corrected chi connectivity index (χ1v) is 9.11. The Hall–Kier alpha value is -0.240. The molecule has 1 aromatic rings. The van der Waals surface area contributed by atoms with Crippen molar-refractivity contribution >= 4 is 23.2 Å². The smallest absolute Gasteiger partial charge is 0.0595 e. The van der Waals surface area contributed by atoms with E-state index in [2.05, 4.69) is 31.3 Å². The largest absolute Gasteiger partial charge is 0.310 e. The molecule has 0 spiro atoms. The van der Waals surface area contributed by atoms with Crippen LogP contribution in [0.3, 0.4) is 0 Å². The van der Waals surface area contributed by atoms with Gasteiger partial charge in [-0.2, -0.15) is 0 Å². The Labute approximate surface area is 139 Å². The molecule has 1 saturated carbocycles. The van der Waals surface area contributed by atoms with Crippen molar-refractivity contribution in [2.24, 2.45) is 11.8 Å². The predicted molar refractivity (Wildman–Crippen MR) is 93.2 cm³/mol. The third-order valence-corrected chi connectivity index (χ3v) is 5.58. The molecule has 0 saturated heterocycles. The molecule has 3 unspecified atom stereocenters. The Morgan fingerprint density at radius 2 is 1.90 bits per heavy atom. The van der Waals surface area contributed by atoms with E-state index >= 15 is 0 Å². The maximum absolute atomic E-state index is 6.24. The van der Waals surface area contributed by atoms with Crippen molar-refractivity contribution in [3.63, 3.8) is 0 Å². The van der Waals surface area contributed by atoms with Crippen LogP contribution in [0.2, 0.25) is 10.0 Å². The van der Waals surface area contributed by atoms with E-state index in [9.17, 15) is 0 Å². The van der Waals surface area contributed by atoms with Gasteiger partial charge in [0.25, 0.3) is 0 Å². The summed E-state index contributed by atoms with van der Waals surface area (Å²) in [6.07, 6.45) is 7.86. The Kier molecular flexibility index (Phi) is 6.85. The summed E-state index contributed by atoms with van der Waals surface area (Å²) in [5.41, 5.74) is 1.29. The summed E-state index contributed by atoms with van der Waals surface area (Å²) in [6.45, 7) is 5.60. The van der Waals surface area contributed by atoms with Crippen LogP contribution in [-0.2, 0) is 0 Å². The second kappa shape index (κ2) is 8.41. The summed E-state index contributed by atoms with van der Waals surface area (Å²) in [4.78, 5) is 0. The van der Waals surface area contributed by atoms with Gasteiger partial charge in [0, 0.05) is 6.04 Å². The number of hydrogen-bond acceptors (Lipinski definition) is 1. The molecule has 2 rings (SSSR count). The van der Waals surface area contributed by atoms with E-state index in [4.69, 9.17) is 23.2 Å². The number of benzene rings is 1. The second-order valence-corrected chi connectivity index (χ2v) is 7.04. The molecule has 3 atom stereocenters. The molecule has 3 heteroatoms. The molecule has 0 radical (unpaired) electrons. The lowest BCUT2D eigenvalue weighted by molar-refractivity contribution is 0.175. The third-order valence-electron chi connectivity index (χ3n) is 4.84. The highest BCUT2D eigenvalue weighted by molar-refractivity contribution is 6.42.